The van der Waals surface area contributed by atoms with Gasteiger partial charge in [-0.05, 0) is 42.0 Å². The molecule has 1 aliphatic rings. The Balaban J connectivity index is 1.96. The highest BCUT2D eigenvalue weighted by atomic mass is 32.2. The van der Waals surface area contributed by atoms with Crippen molar-refractivity contribution in [1.82, 2.24) is 0 Å². The van der Waals surface area contributed by atoms with Crippen molar-refractivity contribution in [2.24, 2.45) is 0 Å². The Hall–Kier alpha value is -2.27. The van der Waals surface area contributed by atoms with E-state index in [1.807, 2.05) is 18.2 Å². The van der Waals surface area contributed by atoms with Gasteiger partial charge in [0.1, 0.15) is 5.82 Å². The molecule has 3 rings (SSSR count). The number of hydrogen-bond donors (Lipinski definition) is 0. The first-order valence-corrected chi connectivity index (χ1v) is 8.00. The van der Waals surface area contributed by atoms with Crippen molar-refractivity contribution in [3.05, 3.63) is 58.9 Å². The van der Waals surface area contributed by atoms with Crippen molar-refractivity contribution in [1.29, 1.82) is 0 Å². The monoisotopic (exact) mass is 330 g/mol. The second-order valence-corrected chi connectivity index (χ2v) is 6.06. The zero-order chi connectivity index (χ0) is 16.4. The Bertz CT molecular complexity index is 799. The summed E-state index contributed by atoms with van der Waals surface area (Å²) in [6, 6.07) is 9.78. The first-order chi connectivity index (χ1) is 11.1. The number of methoxy groups -OCH3 is 2. The molecule has 1 heterocycles. The molecule has 0 aliphatic carbocycles. The van der Waals surface area contributed by atoms with Crippen molar-refractivity contribution >= 4 is 23.6 Å². The molecule has 0 amide bonds. The number of thioether (sulfide) groups is 1. The Morgan fingerprint density at radius 2 is 1.87 bits per heavy atom. The van der Waals surface area contributed by atoms with Crippen LogP contribution in [0.15, 0.2) is 46.9 Å². The van der Waals surface area contributed by atoms with Gasteiger partial charge in [0.2, 0.25) is 0 Å². The van der Waals surface area contributed by atoms with Crippen LogP contribution in [0, 0.1) is 5.82 Å². The van der Waals surface area contributed by atoms with Crippen LogP contribution in [0.4, 0.5) is 4.39 Å². The zero-order valence-corrected chi connectivity index (χ0v) is 13.6. The van der Waals surface area contributed by atoms with Crippen molar-refractivity contribution < 1.29 is 18.7 Å². The van der Waals surface area contributed by atoms with Gasteiger partial charge in [-0.2, -0.15) is 0 Å². The number of fused-ring (bicyclic) bond motifs is 1. The van der Waals surface area contributed by atoms with Crippen molar-refractivity contribution in [2.75, 3.05) is 20.0 Å². The minimum absolute atomic E-state index is 0.131. The predicted molar refractivity (Wildman–Crippen MR) is 89.0 cm³/mol. The van der Waals surface area contributed by atoms with E-state index in [9.17, 15) is 9.18 Å². The molecular weight excluding hydrogens is 315 g/mol. The van der Waals surface area contributed by atoms with Crippen LogP contribution in [0.2, 0.25) is 0 Å². The van der Waals surface area contributed by atoms with Gasteiger partial charge in [-0.1, -0.05) is 6.07 Å². The Morgan fingerprint density at radius 1 is 1.09 bits per heavy atom. The Morgan fingerprint density at radius 3 is 2.61 bits per heavy atom. The molecule has 0 radical (unpaired) electrons. The van der Waals surface area contributed by atoms with E-state index in [1.165, 1.54) is 23.9 Å². The fourth-order valence-corrected chi connectivity index (χ4v) is 3.45. The summed E-state index contributed by atoms with van der Waals surface area (Å²) in [7, 11) is 3.14. The molecule has 5 heteroatoms. The molecule has 1 aliphatic heterocycles. The van der Waals surface area contributed by atoms with Crippen molar-refractivity contribution in [2.45, 2.75) is 4.90 Å². The van der Waals surface area contributed by atoms with Gasteiger partial charge in [-0.3, -0.25) is 4.79 Å². The molecule has 23 heavy (non-hydrogen) atoms. The second-order valence-electron chi connectivity index (χ2n) is 5.04. The lowest BCUT2D eigenvalue weighted by Gasteiger charge is -2.17. The molecule has 2 aromatic rings. The average molecular weight is 330 g/mol. The molecule has 0 saturated heterocycles. The van der Waals surface area contributed by atoms with Crippen LogP contribution >= 0.6 is 11.8 Å². The third-order valence-corrected chi connectivity index (χ3v) is 4.73. The third-order valence-electron chi connectivity index (χ3n) is 3.61. The minimum atomic E-state index is -0.398. The number of rotatable bonds is 3. The highest BCUT2D eigenvalue weighted by Crippen LogP contribution is 2.35. The van der Waals surface area contributed by atoms with Crippen LogP contribution in [0.1, 0.15) is 15.9 Å². The SMILES string of the molecule is COc1ccc(C=C2CSc3ccc(F)cc3C2=O)cc1OC. The molecule has 0 fully saturated rings. The molecule has 0 N–H and O–H groups in total. The lowest BCUT2D eigenvalue weighted by molar-refractivity contribution is 0.103. The molecule has 0 aromatic heterocycles. The van der Waals surface area contributed by atoms with Gasteiger partial charge in [0.15, 0.2) is 17.3 Å². The molecule has 118 valence electrons. The smallest absolute Gasteiger partial charge is 0.191 e. The molecule has 0 saturated carbocycles. The Labute approximate surface area is 138 Å². The maximum absolute atomic E-state index is 13.4. The van der Waals surface area contributed by atoms with Gasteiger partial charge in [0.05, 0.1) is 14.2 Å². The second kappa shape index (κ2) is 6.46. The minimum Gasteiger partial charge on any atom is -0.493 e. The van der Waals surface area contributed by atoms with E-state index in [0.29, 0.717) is 28.4 Å². The van der Waals surface area contributed by atoms with Crippen molar-refractivity contribution in [3.8, 4) is 11.5 Å². The number of Topliss-reactive ketones (excluding diaryl/α,β-unsaturated/α-hetero) is 1. The first kappa shape index (κ1) is 15.6. The average Bonchev–Trinajstić information content (AvgIpc) is 2.57. The lowest BCUT2D eigenvalue weighted by atomic mass is 10.0. The number of ether oxygens (including phenoxy) is 2. The van der Waals surface area contributed by atoms with E-state index in [1.54, 1.807) is 26.4 Å². The zero-order valence-electron chi connectivity index (χ0n) is 12.8. The van der Waals surface area contributed by atoms with E-state index < -0.39 is 5.82 Å². The summed E-state index contributed by atoms with van der Waals surface area (Å²) >= 11 is 1.53. The molecule has 2 aromatic carbocycles. The normalized spacial score (nSPS) is 15.4. The van der Waals surface area contributed by atoms with Gasteiger partial charge in [-0.25, -0.2) is 4.39 Å². The number of benzene rings is 2. The summed E-state index contributed by atoms with van der Waals surface area (Å²) in [5.41, 5.74) is 1.90. The molecule has 0 unspecified atom stereocenters. The maximum Gasteiger partial charge on any atom is 0.191 e. The summed E-state index contributed by atoms with van der Waals surface area (Å²) in [5, 5.41) is 0. The summed E-state index contributed by atoms with van der Waals surface area (Å²) in [6.45, 7) is 0. The molecule has 0 atom stereocenters. The highest BCUT2D eigenvalue weighted by molar-refractivity contribution is 7.99. The summed E-state index contributed by atoms with van der Waals surface area (Å²) in [4.78, 5) is 13.4. The van der Waals surface area contributed by atoms with Gasteiger partial charge in [0, 0.05) is 21.8 Å². The molecule has 3 nitrogen and oxygen atoms in total. The summed E-state index contributed by atoms with van der Waals surface area (Å²) in [6.07, 6.45) is 1.81. The third kappa shape index (κ3) is 3.10. The topological polar surface area (TPSA) is 35.5 Å². The van der Waals surface area contributed by atoms with Gasteiger partial charge < -0.3 is 9.47 Å². The van der Waals surface area contributed by atoms with Crippen LogP contribution in [-0.2, 0) is 0 Å². The lowest BCUT2D eigenvalue weighted by Crippen LogP contribution is -2.12. The highest BCUT2D eigenvalue weighted by Gasteiger charge is 2.23. The van der Waals surface area contributed by atoms with Crippen LogP contribution < -0.4 is 9.47 Å². The standard InChI is InChI=1S/C18H15FO3S/c1-21-15-5-3-11(8-16(15)22-2)7-12-10-23-17-6-4-13(19)9-14(17)18(12)20/h3-9H,10H2,1-2H3. The van der Waals surface area contributed by atoms with Crippen LogP contribution in [-0.4, -0.2) is 25.8 Å². The van der Waals surface area contributed by atoms with Crippen LogP contribution in [0.3, 0.4) is 0 Å². The fourth-order valence-electron chi connectivity index (χ4n) is 2.45. The van der Waals surface area contributed by atoms with Gasteiger partial charge in [0.25, 0.3) is 0 Å². The number of ketones is 1. The van der Waals surface area contributed by atoms with Gasteiger partial charge >= 0.3 is 0 Å². The predicted octanol–water partition coefficient (Wildman–Crippen LogP) is 4.21. The number of halogens is 1. The number of carbonyl (C=O) groups is 1. The number of hydrogen-bond acceptors (Lipinski definition) is 4. The van der Waals surface area contributed by atoms with Crippen LogP contribution in [0.5, 0.6) is 11.5 Å². The quantitative estimate of drug-likeness (QED) is 0.790. The molecular formula is C18H15FO3S. The van der Waals surface area contributed by atoms with E-state index in [-0.39, 0.29) is 5.78 Å². The van der Waals surface area contributed by atoms with E-state index in [2.05, 4.69) is 0 Å². The van der Waals surface area contributed by atoms with Crippen molar-refractivity contribution in [3.63, 3.8) is 0 Å². The fraction of sp³-hybridized carbons (Fsp3) is 0.167. The Kier molecular flexibility index (Phi) is 4.39. The van der Waals surface area contributed by atoms with Gasteiger partial charge in [-0.15, -0.1) is 11.8 Å². The molecule has 0 bridgehead atoms. The largest absolute Gasteiger partial charge is 0.493 e. The summed E-state index contributed by atoms with van der Waals surface area (Å²) in [5.74, 6) is 1.26. The van der Waals surface area contributed by atoms with E-state index in [4.69, 9.17) is 9.47 Å². The number of carbonyl (C=O) groups excluding carboxylic acids is 1. The van der Waals surface area contributed by atoms with Crippen LogP contribution in [0.25, 0.3) is 6.08 Å². The van der Waals surface area contributed by atoms with E-state index >= 15 is 0 Å². The summed E-state index contributed by atoms with van der Waals surface area (Å²) < 4.78 is 23.9. The first-order valence-electron chi connectivity index (χ1n) is 7.02. The van der Waals surface area contributed by atoms with E-state index in [0.717, 1.165) is 10.5 Å². The molecule has 0 spiro atoms. The maximum atomic E-state index is 13.4.